The minimum absolute atomic E-state index is 0.200. The first-order chi connectivity index (χ1) is 13.2. The van der Waals surface area contributed by atoms with Crippen LogP contribution < -0.4 is 10.6 Å². The van der Waals surface area contributed by atoms with Crippen molar-refractivity contribution in [3.63, 3.8) is 0 Å². The van der Waals surface area contributed by atoms with Gasteiger partial charge in [0.25, 0.3) is 0 Å². The first-order valence-corrected chi connectivity index (χ1v) is 12.7. The van der Waals surface area contributed by atoms with E-state index in [2.05, 4.69) is 31.4 Å². The van der Waals surface area contributed by atoms with Gasteiger partial charge in [-0.1, -0.05) is 44.0 Å². The van der Waals surface area contributed by atoms with Crippen molar-refractivity contribution in [2.45, 2.75) is 51.6 Å². The van der Waals surface area contributed by atoms with Crippen molar-refractivity contribution >= 4 is 36.7 Å². The van der Waals surface area contributed by atoms with Gasteiger partial charge in [0.05, 0.1) is 11.7 Å². The summed E-state index contributed by atoms with van der Waals surface area (Å²) in [7, 11) is -0.386. The topological polar surface area (TPSA) is 57.1 Å². The van der Waals surface area contributed by atoms with Gasteiger partial charge >= 0.3 is 0 Å². The molecule has 0 aliphatic rings. The van der Waals surface area contributed by atoms with Gasteiger partial charge in [-0.15, -0.1) is 0 Å². The predicted octanol–water partition coefficient (Wildman–Crippen LogP) is 5.33. The Labute approximate surface area is 177 Å². The van der Waals surface area contributed by atoms with E-state index in [0.29, 0.717) is 17.7 Å². The highest BCUT2D eigenvalue weighted by Crippen LogP contribution is 2.28. The molecular weight excluding hydrogens is 423 g/mol. The van der Waals surface area contributed by atoms with E-state index in [4.69, 9.17) is 33.0 Å². The van der Waals surface area contributed by atoms with E-state index in [9.17, 15) is 8.78 Å². The lowest BCUT2D eigenvalue weighted by atomic mass is 10.1. The minimum Gasteiger partial charge on any atom is -0.408 e. The summed E-state index contributed by atoms with van der Waals surface area (Å²) in [5.74, 6) is -1.25. The lowest BCUT2D eigenvalue weighted by molar-refractivity contribution is 0.221. The molecule has 9 heteroatoms. The Hall–Kier alpha value is -0.993. The van der Waals surface area contributed by atoms with Crippen molar-refractivity contribution < 1.29 is 13.2 Å². The number of rotatable bonds is 12. The fourth-order valence-corrected chi connectivity index (χ4v) is 6.36. The lowest BCUT2D eigenvalue weighted by Crippen LogP contribution is -2.45. The van der Waals surface area contributed by atoms with Crippen LogP contribution in [0.25, 0.3) is 0 Å². The standard InChI is InChI=1S/C19H29Cl2F2N3OSi/c1-5-28(6-2,7-3)27-16(17(18(20)24)19(21)25-4)12-26-11-13-8-14(22)10-15(23)9-13/h8-10,16,24-26H,5-7,11-12H2,1-4H3/b19-17-,24-18?. The van der Waals surface area contributed by atoms with E-state index in [1.165, 1.54) is 12.1 Å². The van der Waals surface area contributed by atoms with Crippen molar-refractivity contribution in [2.75, 3.05) is 13.6 Å². The summed E-state index contributed by atoms with van der Waals surface area (Å²) in [4.78, 5) is 0. The summed E-state index contributed by atoms with van der Waals surface area (Å²) < 4.78 is 33.3. The van der Waals surface area contributed by atoms with Crippen LogP contribution in [0.2, 0.25) is 18.1 Å². The molecule has 1 aromatic carbocycles. The molecule has 0 fully saturated rings. The van der Waals surface area contributed by atoms with Crippen molar-refractivity contribution in [3.05, 3.63) is 46.1 Å². The summed E-state index contributed by atoms with van der Waals surface area (Å²) in [6.45, 7) is 6.86. The normalized spacial score (nSPS) is 13.9. The highest BCUT2D eigenvalue weighted by molar-refractivity contribution is 6.74. The number of hydrogen-bond donors (Lipinski definition) is 3. The van der Waals surface area contributed by atoms with Crippen LogP contribution in [0.15, 0.2) is 28.9 Å². The molecule has 0 aliphatic carbocycles. The molecule has 1 unspecified atom stereocenters. The maximum absolute atomic E-state index is 13.4. The van der Waals surface area contributed by atoms with Gasteiger partial charge in [-0.05, 0) is 35.8 Å². The van der Waals surface area contributed by atoms with Gasteiger partial charge < -0.3 is 15.1 Å². The maximum atomic E-state index is 13.4. The van der Waals surface area contributed by atoms with Crippen LogP contribution in [0.1, 0.15) is 26.3 Å². The first-order valence-electron chi connectivity index (χ1n) is 9.37. The van der Waals surface area contributed by atoms with Gasteiger partial charge in [0.2, 0.25) is 0 Å². The third kappa shape index (κ3) is 7.11. The smallest absolute Gasteiger partial charge is 0.192 e. The van der Waals surface area contributed by atoms with Crippen LogP contribution in [0.4, 0.5) is 8.78 Å². The van der Waals surface area contributed by atoms with Crippen LogP contribution >= 0.6 is 23.2 Å². The van der Waals surface area contributed by atoms with Crippen LogP contribution in [-0.2, 0) is 11.0 Å². The molecule has 0 radical (unpaired) electrons. The van der Waals surface area contributed by atoms with E-state index in [1.54, 1.807) is 7.05 Å². The van der Waals surface area contributed by atoms with E-state index >= 15 is 0 Å². The molecule has 3 N–H and O–H groups in total. The van der Waals surface area contributed by atoms with Gasteiger partial charge in [0, 0.05) is 26.2 Å². The summed E-state index contributed by atoms with van der Waals surface area (Å²) >= 11 is 12.3. The molecule has 4 nitrogen and oxygen atoms in total. The van der Waals surface area contributed by atoms with Gasteiger partial charge in [0.15, 0.2) is 8.32 Å². The molecule has 0 saturated heterocycles. The largest absolute Gasteiger partial charge is 0.408 e. The number of halogens is 4. The fourth-order valence-electron chi connectivity index (χ4n) is 3.08. The molecule has 1 aromatic rings. The maximum Gasteiger partial charge on any atom is 0.192 e. The number of benzene rings is 1. The van der Waals surface area contributed by atoms with Crippen LogP contribution in [0.5, 0.6) is 0 Å². The number of hydrogen-bond acceptors (Lipinski definition) is 4. The molecule has 0 amide bonds. The number of nitrogens with one attached hydrogen (secondary N) is 3. The van der Waals surface area contributed by atoms with Gasteiger partial charge in [0.1, 0.15) is 22.0 Å². The van der Waals surface area contributed by atoms with E-state index in [1.807, 2.05) is 0 Å². The van der Waals surface area contributed by atoms with Crippen molar-refractivity contribution in [3.8, 4) is 0 Å². The van der Waals surface area contributed by atoms with E-state index < -0.39 is 26.1 Å². The average molecular weight is 452 g/mol. The molecule has 0 aromatic heterocycles. The van der Waals surface area contributed by atoms with E-state index in [0.717, 1.165) is 24.2 Å². The van der Waals surface area contributed by atoms with Crippen LogP contribution in [-0.4, -0.2) is 33.2 Å². The van der Waals surface area contributed by atoms with Crippen molar-refractivity contribution in [1.29, 1.82) is 5.41 Å². The van der Waals surface area contributed by atoms with Gasteiger partial charge in [-0.2, -0.15) is 0 Å². The molecule has 0 heterocycles. The summed E-state index contributed by atoms with van der Waals surface area (Å²) in [6.07, 6.45) is -0.546. The van der Waals surface area contributed by atoms with Crippen molar-refractivity contribution in [1.82, 2.24) is 10.6 Å². The lowest BCUT2D eigenvalue weighted by Gasteiger charge is -2.34. The van der Waals surface area contributed by atoms with Crippen LogP contribution in [0, 0.1) is 17.0 Å². The highest BCUT2D eigenvalue weighted by atomic mass is 35.5. The Morgan fingerprint density at radius 2 is 1.64 bits per heavy atom. The fraction of sp³-hybridized carbons (Fsp3) is 0.526. The molecule has 0 bridgehead atoms. The molecule has 0 saturated carbocycles. The molecule has 158 valence electrons. The SMILES string of the molecule is CC[Si](CC)(CC)OC(CNCc1cc(F)cc(F)c1)/C(C(=N)Cl)=C(\Cl)NC. The molecule has 28 heavy (non-hydrogen) atoms. The van der Waals surface area contributed by atoms with Gasteiger partial charge in [-0.25, -0.2) is 8.78 Å². The molecule has 1 rings (SSSR count). The Kier molecular flexibility index (Phi) is 10.6. The molecular formula is C19H29Cl2F2N3OSi. The summed E-state index contributed by atoms with van der Waals surface area (Å²) in [5, 5.41) is 14.0. The zero-order valence-electron chi connectivity index (χ0n) is 16.8. The Bertz CT molecular complexity index is 671. The Morgan fingerprint density at radius 3 is 2.07 bits per heavy atom. The van der Waals surface area contributed by atoms with Gasteiger partial charge in [-0.3, -0.25) is 5.41 Å². The zero-order valence-corrected chi connectivity index (χ0v) is 19.3. The molecule has 0 spiro atoms. The first kappa shape index (κ1) is 25.0. The molecule has 1 atom stereocenters. The third-order valence-electron chi connectivity index (χ3n) is 4.92. The van der Waals surface area contributed by atoms with Crippen molar-refractivity contribution in [2.24, 2.45) is 0 Å². The Morgan fingerprint density at radius 1 is 1.11 bits per heavy atom. The molecule has 0 aliphatic heterocycles. The highest BCUT2D eigenvalue weighted by Gasteiger charge is 2.34. The third-order valence-corrected chi connectivity index (χ3v) is 10.2. The second kappa shape index (κ2) is 11.9. The second-order valence-corrected chi connectivity index (χ2v) is 12.0. The minimum atomic E-state index is -2.03. The van der Waals surface area contributed by atoms with Crippen LogP contribution in [0.3, 0.4) is 0 Å². The summed E-state index contributed by atoms with van der Waals surface area (Å²) in [5.41, 5.74) is 0.850. The summed E-state index contributed by atoms with van der Waals surface area (Å²) in [6, 6.07) is 6.15. The average Bonchev–Trinajstić information content (AvgIpc) is 2.64. The predicted molar refractivity (Wildman–Crippen MR) is 116 cm³/mol. The van der Waals surface area contributed by atoms with E-state index in [-0.39, 0.29) is 16.9 Å². The Balaban J connectivity index is 3.07. The zero-order chi connectivity index (χ0) is 21.3. The second-order valence-electron chi connectivity index (χ2n) is 6.55. The monoisotopic (exact) mass is 451 g/mol. The quantitative estimate of drug-likeness (QED) is 0.228.